The van der Waals surface area contributed by atoms with Crippen LogP contribution in [0.15, 0.2) is 0 Å². The fourth-order valence-corrected chi connectivity index (χ4v) is 1.76. The highest BCUT2D eigenvalue weighted by atomic mass is 127. The summed E-state index contributed by atoms with van der Waals surface area (Å²) < 4.78 is 16.1. The van der Waals surface area contributed by atoms with E-state index in [-0.39, 0.29) is 6.04 Å². The molecule has 2 rings (SSSR count). The third kappa shape index (κ3) is 1.58. The third-order valence-corrected chi connectivity index (χ3v) is 2.64. The van der Waals surface area contributed by atoms with Gasteiger partial charge in [0.1, 0.15) is 0 Å². The molecule has 1 aliphatic rings. The van der Waals surface area contributed by atoms with Crippen molar-refractivity contribution in [2.45, 2.75) is 38.4 Å². The minimum absolute atomic E-state index is 0.180. The summed E-state index contributed by atoms with van der Waals surface area (Å²) in [6.45, 7) is 3.97. The van der Waals surface area contributed by atoms with E-state index >= 15 is 0 Å². The Morgan fingerprint density at radius 1 is 1.54 bits per heavy atom. The molecule has 0 saturated heterocycles. The van der Waals surface area contributed by atoms with Gasteiger partial charge in [0.25, 0.3) is 0 Å². The Hall–Kier alpha value is -0.200. The van der Waals surface area contributed by atoms with Gasteiger partial charge >= 0.3 is 0 Å². The molecule has 3 nitrogen and oxygen atoms in total. The molecular formula is C8H11FIN3. The highest BCUT2D eigenvalue weighted by molar-refractivity contribution is 14.1. The molecule has 1 aromatic heterocycles. The second-order valence-corrected chi connectivity index (χ2v) is 4.67. The number of hydrogen-bond donors (Lipinski definition) is 0. The lowest BCUT2D eigenvalue weighted by molar-refractivity contribution is 0.279. The summed E-state index contributed by atoms with van der Waals surface area (Å²) >= 11 is 2.02. The van der Waals surface area contributed by atoms with Gasteiger partial charge in [-0.3, -0.25) is 0 Å². The van der Waals surface area contributed by atoms with Crippen LogP contribution in [-0.4, -0.2) is 14.8 Å². The molecule has 1 heterocycles. The molecule has 1 saturated carbocycles. The van der Waals surface area contributed by atoms with Crippen LogP contribution in [0.3, 0.4) is 0 Å². The van der Waals surface area contributed by atoms with Crippen LogP contribution in [0.2, 0.25) is 0 Å². The van der Waals surface area contributed by atoms with Crippen molar-refractivity contribution in [1.82, 2.24) is 14.8 Å². The van der Waals surface area contributed by atoms with Gasteiger partial charge in [-0.25, -0.2) is 14.1 Å². The first-order valence-corrected chi connectivity index (χ1v) is 5.42. The zero-order valence-corrected chi connectivity index (χ0v) is 9.75. The van der Waals surface area contributed by atoms with Gasteiger partial charge in [0.15, 0.2) is 11.5 Å². The summed E-state index contributed by atoms with van der Waals surface area (Å²) in [6.07, 6.45) is 1.18. The van der Waals surface area contributed by atoms with E-state index in [1.54, 1.807) is 4.68 Å². The molecule has 0 N–H and O–H groups in total. The normalized spacial score (nSPS) is 19.5. The standard InChI is InChI=1S/C8H11FIN3/c1-5(2)13-6(8(9)3-4-8)11-7(10)12-13/h5H,3-4H2,1-2H3. The van der Waals surface area contributed by atoms with Crippen molar-refractivity contribution in [3.05, 3.63) is 9.66 Å². The van der Waals surface area contributed by atoms with Crippen LogP contribution >= 0.6 is 22.6 Å². The van der Waals surface area contributed by atoms with E-state index in [4.69, 9.17) is 0 Å². The van der Waals surface area contributed by atoms with Gasteiger partial charge in [-0.1, -0.05) is 0 Å². The maximum atomic E-state index is 13.7. The zero-order valence-electron chi connectivity index (χ0n) is 7.59. The lowest BCUT2D eigenvalue weighted by Crippen LogP contribution is -2.13. The van der Waals surface area contributed by atoms with E-state index < -0.39 is 5.67 Å². The first kappa shape index (κ1) is 9.36. The predicted octanol–water partition coefficient (Wildman–Crippen LogP) is 2.42. The second-order valence-electron chi connectivity index (χ2n) is 3.71. The monoisotopic (exact) mass is 295 g/mol. The number of rotatable bonds is 2. The summed E-state index contributed by atoms with van der Waals surface area (Å²) in [6, 6.07) is 0.180. The van der Waals surface area contributed by atoms with Crippen LogP contribution in [0.25, 0.3) is 0 Å². The molecule has 13 heavy (non-hydrogen) atoms. The van der Waals surface area contributed by atoms with Crippen molar-refractivity contribution < 1.29 is 4.39 Å². The van der Waals surface area contributed by atoms with E-state index in [1.807, 2.05) is 36.4 Å². The van der Waals surface area contributed by atoms with Crippen LogP contribution < -0.4 is 0 Å². The minimum Gasteiger partial charge on any atom is -0.243 e. The molecule has 0 aromatic carbocycles. The maximum absolute atomic E-state index is 13.7. The molecule has 0 spiro atoms. The molecule has 0 unspecified atom stereocenters. The molecule has 0 aliphatic heterocycles. The Kier molecular flexibility index (Phi) is 2.08. The molecule has 0 bridgehead atoms. The van der Waals surface area contributed by atoms with Crippen LogP contribution in [0.5, 0.6) is 0 Å². The van der Waals surface area contributed by atoms with Crippen LogP contribution in [0, 0.1) is 3.83 Å². The van der Waals surface area contributed by atoms with Gasteiger partial charge in [0.2, 0.25) is 3.83 Å². The number of nitrogens with zero attached hydrogens (tertiary/aromatic N) is 3. The summed E-state index contributed by atoms with van der Waals surface area (Å²) in [5.74, 6) is 0.506. The van der Waals surface area contributed by atoms with Crippen molar-refractivity contribution in [3.63, 3.8) is 0 Å². The van der Waals surface area contributed by atoms with Crippen LogP contribution in [0.4, 0.5) is 4.39 Å². The topological polar surface area (TPSA) is 30.7 Å². The van der Waals surface area contributed by atoms with Crippen molar-refractivity contribution in [2.75, 3.05) is 0 Å². The zero-order chi connectivity index (χ0) is 9.64. The Bertz CT molecular complexity index is 330. The fourth-order valence-electron chi connectivity index (χ4n) is 1.30. The average Bonchev–Trinajstić information content (AvgIpc) is 2.62. The van der Waals surface area contributed by atoms with Gasteiger partial charge < -0.3 is 0 Å². The number of hydrogen-bond acceptors (Lipinski definition) is 2. The molecule has 0 atom stereocenters. The van der Waals surface area contributed by atoms with Crippen molar-refractivity contribution in [1.29, 1.82) is 0 Å². The van der Waals surface area contributed by atoms with Gasteiger partial charge in [-0.2, -0.15) is 0 Å². The molecule has 72 valence electrons. The van der Waals surface area contributed by atoms with E-state index in [2.05, 4.69) is 10.1 Å². The third-order valence-electron chi connectivity index (χ3n) is 2.18. The van der Waals surface area contributed by atoms with Crippen molar-refractivity contribution in [3.8, 4) is 0 Å². The van der Waals surface area contributed by atoms with E-state index in [1.165, 1.54) is 0 Å². The predicted molar refractivity (Wildman–Crippen MR) is 55.1 cm³/mol. The molecule has 1 aliphatic carbocycles. The van der Waals surface area contributed by atoms with Crippen molar-refractivity contribution in [2.24, 2.45) is 0 Å². The largest absolute Gasteiger partial charge is 0.243 e. The number of halogens is 2. The van der Waals surface area contributed by atoms with Gasteiger partial charge in [0.05, 0.1) is 0 Å². The SMILES string of the molecule is CC(C)n1nc(I)nc1C1(F)CC1. The molecule has 1 aromatic rings. The quantitative estimate of drug-likeness (QED) is 0.785. The van der Waals surface area contributed by atoms with Gasteiger partial charge in [-0.05, 0) is 26.7 Å². The number of alkyl halides is 1. The van der Waals surface area contributed by atoms with Crippen LogP contribution in [0.1, 0.15) is 38.6 Å². The highest BCUT2D eigenvalue weighted by Gasteiger charge is 2.49. The second kappa shape index (κ2) is 2.90. The van der Waals surface area contributed by atoms with E-state index in [0.29, 0.717) is 22.5 Å². The summed E-state index contributed by atoms with van der Waals surface area (Å²) in [5.41, 5.74) is -1.18. The summed E-state index contributed by atoms with van der Waals surface area (Å²) in [7, 11) is 0. The molecule has 1 fully saturated rings. The van der Waals surface area contributed by atoms with E-state index in [9.17, 15) is 4.39 Å². The van der Waals surface area contributed by atoms with Crippen LogP contribution in [-0.2, 0) is 5.67 Å². The first-order chi connectivity index (χ1) is 6.03. The fraction of sp³-hybridized carbons (Fsp3) is 0.750. The Morgan fingerprint density at radius 3 is 2.62 bits per heavy atom. The number of aromatic nitrogens is 3. The molecular weight excluding hydrogens is 284 g/mol. The smallest absolute Gasteiger partial charge is 0.211 e. The van der Waals surface area contributed by atoms with Gasteiger partial charge in [-0.15, -0.1) is 5.10 Å². The lowest BCUT2D eigenvalue weighted by Gasteiger charge is -2.10. The first-order valence-electron chi connectivity index (χ1n) is 4.34. The minimum atomic E-state index is -1.18. The highest BCUT2D eigenvalue weighted by Crippen LogP contribution is 2.49. The maximum Gasteiger partial charge on any atom is 0.211 e. The Morgan fingerprint density at radius 2 is 2.15 bits per heavy atom. The summed E-state index contributed by atoms with van der Waals surface area (Å²) in [5, 5.41) is 4.17. The Balaban J connectivity index is 2.43. The Labute approximate surface area is 89.9 Å². The van der Waals surface area contributed by atoms with Gasteiger partial charge in [0, 0.05) is 28.6 Å². The molecule has 5 heteroatoms. The molecule has 0 radical (unpaired) electrons. The van der Waals surface area contributed by atoms with Crippen molar-refractivity contribution >= 4 is 22.6 Å². The summed E-state index contributed by atoms with van der Waals surface area (Å²) in [4.78, 5) is 4.13. The lowest BCUT2D eigenvalue weighted by atomic mass is 10.3. The average molecular weight is 295 g/mol. The van der Waals surface area contributed by atoms with E-state index in [0.717, 1.165) is 0 Å². The molecule has 0 amide bonds.